The molecule has 1 aromatic heterocycles. The quantitative estimate of drug-likeness (QED) is 0.329. The highest BCUT2D eigenvalue weighted by atomic mass is 19.4. The number of nitrogens with two attached hydrogens (primary N) is 1. The fraction of sp³-hybridized carbons (Fsp3) is 0.0741. The van der Waals surface area contributed by atoms with Crippen LogP contribution in [0.3, 0.4) is 0 Å². The van der Waals surface area contributed by atoms with Gasteiger partial charge in [-0.1, -0.05) is 54.6 Å². The largest absolute Gasteiger partial charge is 0.507 e. The first-order valence-electron chi connectivity index (χ1n) is 10.5. The Labute approximate surface area is 192 Å². The molecule has 0 saturated carbocycles. The molecule has 0 saturated heterocycles. The van der Waals surface area contributed by atoms with Crippen LogP contribution in [0.1, 0.15) is 21.5 Å². The number of nitrogens with zero attached hydrogens (tertiary/aromatic N) is 1. The van der Waals surface area contributed by atoms with Crippen LogP contribution in [0.5, 0.6) is 5.75 Å². The maximum Gasteiger partial charge on any atom is 0.416 e. The lowest BCUT2D eigenvalue weighted by Gasteiger charge is -2.15. The van der Waals surface area contributed by atoms with E-state index in [0.29, 0.717) is 27.4 Å². The van der Waals surface area contributed by atoms with Gasteiger partial charge in [-0.05, 0) is 47.0 Å². The number of amides is 1. The smallest absolute Gasteiger partial charge is 0.416 e. The minimum Gasteiger partial charge on any atom is -0.507 e. The van der Waals surface area contributed by atoms with Crippen LogP contribution in [0.4, 0.5) is 13.2 Å². The van der Waals surface area contributed by atoms with Crippen molar-refractivity contribution in [1.29, 1.82) is 0 Å². The van der Waals surface area contributed by atoms with Crippen molar-refractivity contribution in [1.82, 2.24) is 4.57 Å². The summed E-state index contributed by atoms with van der Waals surface area (Å²) in [5.41, 5.74) is 7.66. The van der Waals surface area contributed by atoms with Gasteiger partial charge in [0, 0.05) is 17.5 Å². The van der Waals surface area contributed by atoms with E-state index in [0.717, 1.165) is 11.6 Å². The number of primary amides is 1. The van der Waals surface area contributed by atoms with Crippen molar-refractivity contribution < 1.29 is 23.1 Å². The number of halogens is 3. The summed E-state index contributed by atoms with van der Waals surface area (Å²) in [6.45, 7) is -0.115. The van der Waals surface area contributed by atoms with E-state index < -0.39 is 17.6 Å². The molecule has 7 heteroatoms. The van der Waals surface area contributed by atoms with Gasteiger partial charge in [0.15, 0.2) is 0 Å². The minimum atomic E-state index is -4.52. The molecule has 5 aromatic rings. The number of phenolic OH excluding ortho intramolecular Hbond substituents is 1. The Morgan fingerprint density at radius 2 is 1.53 bits per heavy atom. The number of phenols is 1. The van der Waals surface area contributed by atoms with Crippen molar-refractivity contribution >= 4 is 27.7 Å². The Morgan fingerprint density at radius 3 is 2.24 bits per heavy atom. The molecule has 34 heavy (non-hydrogen) atoms. The first-order valence-corrected chi connectivity index (χ1v) is 10.5. The summed E-state index contributed by atoms with van der Waals surface area (Å²) in [6, 6.07) is 23.0. The SMILES string of the molecule is NC(=O)c1cccc2c1c1c(O)cc(-c3ccccc3)cc1n2Cc1ccccc1C(F)(F)F. The number of carbonyl (C=O) groups excluding carboxylic acids is 1. The van der Waals surface area contributed by atoms with Crippen molar-refractivity contribution in [3.8, 4) is 16.9 Å². The monoisotopic (exact) mass is 460 g/mol. The van der Waals surface area contributed by atoms with Crippen LogP contribution in [-0.2, 0) is 12.7 Å². The summed E-state index contributed by atoms with van der Waals surface area (Å²) < 4.78 is 42.8. The maximum absolute atomic E-state index is 13.7. The zero-order valence-electron chi connectivity index (χ0n) is 17.8. The third-order valence-corrected chi connectivity index (χ3v) is 5.99. The van der Waals surface area contributed by atoms with E-state index in [-0.39, 0.29) is 23.4 Å². The molecule has 1 amide bonds. The normalized spacial score (nSPS) is 11.9. The van der Waals surface area contributed by atoms with Crippen molar-refractivity contribution in [3.63, 3.8) is 0 Å². The standard InChI is InChI=1S/C27H19F3N2O2/c28-27(29,30)20-11-5-4-9-17(20)15-32-21-12-6-10-19(26(31)34)24(21)25-22(32)13-18(14-23(25)33)16-7-2-1-3-8-16/h1-14,33H,15H2,(H2,31,34). The van der Waals surface area contributed by atoms with Crippen LogP contribution in [0, 0.1) is 0 Å². The van der Waals surface area contributed by atoms with Crippen LogP contribution in [0.2, 0.25) is 0 Å². The number of benzene rings is 4. The van der Waals surface area contributed by atoms with Crippen LogP contribution in [0.25, 0.3) is 32.9 Å². The molecule has 0 aliphatic rings. The number of rotatable bonds is 4. The van der Waals surface area contributed by atoms with Gasteiger partial charge in [-0.25, -0.2) is 0 Å². The van der Waals surface area contributed by atoms with E-state index >= 15 is 0 Å². The third-order valence-electron chi connectivity index (χ3n) is 5.99. The molecule has 170 valence electrons. The number of fused-ring (bicyclic) bond motifs is 3. The second-order valence-electron chi connectivity index (χ2n) is 8.06. The zero-order valence-corrected chi connectivity index (χ0v) is 17.8. The number of hydrogen-bond acceptors (Lipinski definition) is 2. The molecule has 0 atom stereocenters. The molecule has 0 unspecified atom stereocenters. The molecular formula is C27H19F3N2O2. The van der Waals surface area contributed by atoms with Gasteiger partial charge in [-0.15, -0.1) is 0 Å². The van der Waals surface area contributed by atoms with E-state index in [2.05, 4.69) is 0 Å². The summed E-state index contributed by atoms with van der Waals surface area (Å²) in [6.07, 6.45) is -4.52. The second kappa shape index (κ2) is 7.95. The molecule has 0 bridgehead atoms. The zero-order chi connectivity index (χ0) is 24.0. The summed E-state index contributed by atoms with van der Waals surface area (Å²) in [7, 11) is 0. The fourth-order valence-corrected chi connectivity index (χ4v) is 4.52. The Kier molecular flexibility index (Phi) is 5.05. The molecule has 0 radical (unpaired) electrons. The van der Waals surface area contributed by atoms with Gasteiger partial charge in [0.05, 0.1) is 22.0 Å². The van der Waals surface area contributed by atoms with Crippen LogP contribution in [0.15, 0.2) is 84.9 Å². The molecule has 0 aliphatic carbocycles. The number of carbonyl (C=O) groups is 1. The number of aromatic hydroxyl groups is 1. The lowest BCUT2D eigenvalue weighted by atomic mass is 10.0. The fourth-order valence-electron chi connectivity index (χ4n) is 4.52. The van der Waals surface area contributed by atoms with Crippen molar-refractivity contribution in [2.45, 2.75) is 12.7 Å². The lowest BCUT2D eigenvalue weighted by molar-refractivity contribution is -0.138. The van der Waals surface area contributed by atoms with E-state index in [4.69, 9.17) is 5.73 Å². The molecule has 4 aromatic carbocycles. The average Bonchev–Trinajstić information content (AvgIpc) is 3.13. The predicted molar refractivity (Wildman–Crippen MR) is 126 cm³/mol. The Bertz CT molecular complexity index is 1550. The van der Waals surface area contributed by atoms with Gasteiger partial charge in [-0.3, -0.25) is 4.79 Å². The summed E-state index contributed by atoms with van der Waals surface area (Å²) in [5, 5.41) is 11.8. The first-order chi connectivity index (χ1) is 16.3. The first kappa shape index (κ1) is 21.6. The molecular weight excluding hydrogens is 441 g/mol. The highest BCUT2D eigenvalue weighted by molar-refractivity contribution is 6.20. The van der Waals surface area contributed by atoms with Crippen molar-refractivity contribution in [2.24, 2.45) is 5.73 Å². The molecule has 3 N–H and O–H groups in total. The Balaban J connectivity index is 1.86. The molecule has 4 nitrogen and oxygen atoms in total. The molecule has 5 rings (SSSR count). The van der Waals surface area contributed by atoms with Crippen molar-refractivity contribution in [3.05, 3.63) is 102 Å². The molecule has 1 heterocycles. The average molecular weight is 460 g/mol. The number of alkyl halides is 3. The summed E-state index contributed by atoms with van der Waals surface area (Å²) >= 11 is 0. The maximum atomic E-state index is 13.7. The van der Waals surface area contributed by atoms with Gasteiger partial charge < -0.3 is 15.4 Å². The van der Waals surface area contributed by atoms with Crippen LogP contribution in [-0.4, -0.2) is 15.6 Å². The highest BCUT2D eigenvalue weighted by Crippen LogP contribution is 2.41. The molecule has 0 fully saturated rings. The predicted octanol–water partition coefficient (Wildman–Crippen LogP) is 6.33. The summed E-state index contributed by atoms with van der Waals surface area (Å²) in [4.78, 5) is 12.2. The van der Waals surface area contributed by atoms with Gasteiger partial charge >= 0.3 is 6.18 Å². The topological polar surface area (TPSA) is 68.2 Å². The van der Waals surface area contributed by atoms with E-state index in [1.54, 1.807) is 34.9 Å². The van der Waals surface area contributed by atoms with Gasteiger partial charge in [0.25, 0.3) is 0 Å². The summed E-state index contributed by atoms with van der Waals surface area (Å²) in [5.74, 6) is -0.773. The number of hydrogen-bond donors (Lipinski definition) is 2. The molecule has 0 spiro atoms. The van der Waals surface area contributed by atoms with Crippen molar-refractivity contribution in [2.75, 3.05) is 0 Å². The third kappa shape index (κ3) is 3.55. The highest BCUT2D eigenvalue weighted by Gasteiger charge is 2.33. The lowest BCUT2D eigenvalue weighted by Crippen LogP contribution is -2.12. The Hall–Kier alpha value is -4.26. The minimum absolute atomic E-state index is 0.0721. The van der Waals surface area contributed by atoms with Gasteiger partial charge in [0.2, 0.25) is 5.91 Å². The molecule has 0 aliphatic heterocycles. The van der Waals surface area contributed by atoms with Gasteiger partial charge in [-0.2, -0.15) is 13.2 Å². The number of aromatic nitrogens is 1. The van der Waals surface area contributed by atoms with E-state index in [9.17, 15) is 23.1 Å². The van der Waals surface area contributed by atoms with E-state index in [1.807, 2.05) is 36.4 Å². The van der Waals surface area contributed by atoms with E-state index in [1.165, 1.54) is 12.1 Å². The van der Waals surface area contributed by atoms with Crippen LogP contribution < -0.4 is 5.73 Å². The Morgan fingerprint density at radius 1 is 0.824 bits per heavy atom. The van der Waals surface area contributed by atoms with Crippen LogP contribution >= 0.6 is 0 Å². The van der Waals surface area contributed by atoms with Gasteiger partial charge in [0.1, 0.15) is 5.75 Å². The second-order valence-corrected chi connectivity index (χ2v) is 8.06.